The van der Waals surface area contributed by atoms with Gasteiger partial charge in [0.05, 0.1) is 0 Å². The summed E-state index contributed by atoms with van der Waals surface area (Å²) in [6, 6.07) is 7.25. The number of fused-ring (bicyclic) bond motifs is 1. The Bertz CT molecular complexity index is 1330. The number of nitrogens with zero attached hydrogens (tertiary/aromatic N) is 1. The molecular weight excluding hydrogens is 414 g/mol. The van der Waals surface area contributed by atoms with Crippen molar-refractivity contribution in [3.05, 3.63) is 69.9 Å². The first-order valence-corrected chi connectivity index (χ1v) is 9.63. The summed E-state index contributed by atoms with van der Waals surface area (Å²) in [5, 5.41) is 13.6. The molecule has 0 aliphatic heterocycles. The van der Waals surface area contributed by atoms with Gasteiger partial charge in [0.15, 0.2) is 11.4 Å². The molecule has 9 heteroatoms. The number of carboxylic acids is 1. The quantitative estimate of drug-likeness (QED) is 0.454. The molecule has 2 heterocycles. The highest BCUT2D eigenvalue weighted by atomic mass is 32.1. The third-order valence-corrected chi connectivity index (χ3v) is 5.64. The number of hydrogen-bond acceptors (Lipinski definition) is 5. The van der Waals surface area contributed by atoms with Crippen molar-refractivity contribution in [2.24, 2.45) is 0 Å². The monoisotopic (exact) mass is 428 g/mol. The second-order valence-electron chi connectivity index (χ2n) is 6.59. The van der Waals surface area contributed by atoms with Crippen LogP contribution < -0.4 is 5.32 Å². The molecule has 0 fully saturated rings. The minimum absolute atomic E-state index is 0.0112. The van der Waals surface area contributed by atoms with Crippen molar-refractivity contribution in [1.82, 2.24) is 4.98 Å². The molecular formula is C21H14F2N2O4S. The predicted molar refractivity (Wildman–Crippen MR) is 108 cm³/mol. The van der Waals surface area contributed by atoms with Crippen molar-refractivity contribution in [2.75, 3.05) is 5.32 Å². The van der Waals surface area contributed by atoms with Crippen LogP contribution in [-0.2, 0) is 0 Å². The number of halogens is 2. The van der Waals surface area contributed by atoms with E-state index >= 15 is 0 Å². The van der Waals surface area contributed by atoms with Crippen LogP contribution in [0, 0.1) is 25.5 Å². The molecule has 0 aliphatic carbocycles. The topological polar surface area (TPSA) is 92.4 Å². The first kappa shape index (κ1) is 19.7. The number of para-hydroxylation sites is 1. The van der Waals surface area contributed by atoms with E-state index < -0.39 is 29.4 Å². The molecule has 4 rings (SSSR count). The second-order valence-corrected chi connectivity index (χ2v) is 7.47. The number of oxazole rings is 1. The highest BCUT2D eigenvalue weighted by molar-refractivity contribution is 7.15. The van der Waals surface area contributed by atoms with E-state index in [0.717, 1.165) is 16.9 Å². The molecule has 0 radical (unpaired) electrons. The molecule has 0 atom stereocenters. The highest BCUT2D eigenvalue weighted by Gasteiger charge is 2.25. The van der Waals surface area contributed by atoms with Crippen LogP contribution in [-0.4, -0.2) is 22.0 Å². The zero-order valence-corrected chi connectivity index (χ0v) is 16.6. The number of carbonyl (C=O) groups is 2. The van der Waals surface area contributed by atoms with E-state index in [1.54, 1.807) is 19.9 Å². The first-order chi connectivity index (χ1) is 14.3. The zero-order valence-electron chi connectivity index (χ0n) is 15.7. The summed E-state index contributed by atoms with van der Waals surface area (Å²) in [4.78, 5) is 28.2. The van der Waals surface area contributed by atoms with Crippen LogP contribution in [0.3, 0.4) is 0 Å². The molecule has 0 aliphatic rings. The van der Waals surface area contributed by atoms with Crippen molar-refractivity contribution in [2.45, 2.75) is 13.8 Å². The zero-order chi connectivity index (χ0) is 21.6. The number of aromatic nitrogens is 1. The molecule has 2 aromatic carbocycles. The third kappa shape index (κ3) is 3.22. The summed E-state index contributed by atoms with van der Waals surface area (Å²) < 4.78 is 33.8. The summed E-state index contributed by atoms with van der Waals surface area (Å²) in [6.45, 7) is 3.36. The van der Waals surface area contributed by atoms with Gasteiger partial charge in [0.1, 0.15) is 21.9 Å². The van der Waals surface area contributed by atoms with Crippen molar-refractivity contribution in [3.63, 3.8) is 0 Å². The van der Waals surface area contributed by atoms with Gasteiger partial charge in [-0.05, 0) is 37.1 Å². The molecule has 0 spiro atoms. The van der Waals surface area contributed by atoms with Gasteiger partial charge in [-0.3, -0.25) is 4.79 Å². The van der Waals surface area contributed by atoms with Gasteiger partial charge >= 0.3 is 11.9 Å². The van der Waals surface area contributed by atoms with Crippen molar-refractivity contribution < 1.29 is 27.9 Å². The maximum Gasteiger partial charge on any atom is 0.339 e. The van der Waals surface area contributed by atoms with E-state index in [-0.39, 0.29) is 32.8 Å². The molecule has 30 heavy (non-hydrogen) atoms. The van der Waals surface area contributed by atoms with Crippen LogP contribution in [0.25, 0.3) is 22.2 Å². The van der Waals surface area contributed by atoms with Crippen LogP contribution in [0.2, 0.25) is 0 Å². The Balaban J connectivity index is 1.73. The minimum Gasteiger partial charge on any atom is -0.478 e. The molecule has 6 nitrogen and oxygen atoms in total. The summed E-state index contributed by atoms with van der Waals surface area (Å²) in [7, 11) is 0. The summed E-state index contributed by atoms with van der Waals surface area (Å²) in [5.41, 5.74) is 1.14. The molecule has 0 bridgehead atoms. The van der Waals surface area contributed by atoms with Gasteiger partial charge in [0, 0.05) is 16.5 Å². The summed E-state index contributed by atoms with van der Waals surface area (Å²) >= 11 is 0.928. The van der Waals surface area contributed by atoms with Gasteiger partial charge in [-0.25, -0.2) is 18.6 Å². The van der Waals surface area contributed by atoms with Crippen LogP contribution in [0.4, 0.5) is 13.8 Å². The lowest BCUT2D eigenvalue weighted by molar-refractivity contribution is 0.0699. The number of carbonyl (C=O) groups excluding carboxylic acids is 1. The smallest absolute Gasteiger partial charge is 0.339 e. The number of nitrogens with one attached hydrogen (secondary N) is 1. The molecule has 1 amide bonds. The Hall–Kier alpha value is -3.59. The third-order valence-electron chi connectivity index (χ3n) is 4.74. The molecule has 152 valence electrons. The number of thiophene rings is 1. The number of anilines is 1. The van der Waals surface area contributed by atoms with E-state index in [1.165, 1.54) is 29.6 Å². The van der Waals surface area contributed by atoms with E-state index in [2.05, 4.69) is 10.3 Å². The normalized spacial score (nSPS) is 11.1. The number of benzene rings is 2. The van der Waals surface area contributed by atoms with Gasteiger partial charge < -0.3 is 14.8 Å². The van der Waals surface area contributed by atoms with E-state index in [1.807, 2.05) is 0 Å². The number of aryl methyl sites for hydroxylation is 1. The standard InChI is InChI=1S/C21H14F2N2O4S/c1-9-6-7-11(16(23)10(9)2)12-8-30-20(15(12)21(27)28)25-18(26)19-24-17-13(22)4-3-5-14(17)29-19/h3-8H,1-2H3,(H,25,26)(H,27,28). The Morgan fingerprint density at radius 3 is 2.60 bits per heavy atom. The fraction of sp³-hybridized carbons (Fsp3) is 0.0952. The fourth-order valence-corrected chi connectivity index (χ4v) is 3.97. The minimum atomic E-state index is -1.33. The number of amides is 1. The Morgan fingerprint density at radius 1 is 1.13 bits per heavy atom. The van der Waals surface area contributed by atoms with Gasteiger partial charge in [-0.1, -0.05) is 18.2 Å². The lowest BCUT2D eigenvalue weighted by Gasteiger charge is -2.09. The fourth-order valence-electron chi connectivity index (χ4n) is 3.02. The molecule has 2 aromatic heterocycles. The average molecular weight is 428 g/mol. The van der Waals surface area contributed by atoms with Gasteiger partial charge in [0.2, 0.25) is 0 Å². The lowest BCUT2D eigenvalue weighted by atomic mass is 9.98. The van der Waals surface area contributed by atoms with E-state index in [9.17, 15) is 23.5 Å². The van der Waals surface area contributed by atoms with Crippen LogP contribution in [0.1, 0.15) is 32.2 Å². The van der Waals surface area contributed by atoms with Gasteiger partial charge in [0.25, 0.3) is 5.89 Å². The lowest BCUT2D eigenvalue weighted by Crippen LogP contribution is -2.14. The van der Waals surface area contributed by atoms with Crippen LogP contribution in [0.5, 0.6) is 0 Å². The van der Waals surface area contributed by atoms with Crippen LogP contribution >= 0.6 is 11.3 Å². The predicted octanol–water partition coefficient (Wildman–Crippen LogP) is 5.40. The number of hydrogen-bond donors (Lipinski definition) is 2. The van der Waals surface area contributed by atoms with E-state index in [0.29, 0.717) is 5.56 Å². The van der Waals surface area contributed by atoms with Gasteiger partial charge in [-0.15, -0.1) is 11.3 Å². The molecule has 0 unspecified atom stereocenters. The average Bonchev–Trinajstić information content (AvgIpc) is 3.31. The summed E-state index contributed by atoms with van der Waals surface area (Å²) in [5.74, 6) is -3.77. The Labute approximate surface area is 172 Å². The highest BCUT2D eigenvalue weighted by Crippen LogP contribution is 2.38. The van der Waals surface area contributed by atoms with Gasteiger partial charge in [-0.2, -0.15) is 0 Å². The molecule has 4 aromatic rings. The molecule has 0 saturated carbocycles. The second kappa shape index (κ2) is 7.34. The summed E-state index contributed by atoms with van der Waals surface area (Å²) in [6.07, 6.45) is 0. The molecule has 0 saturated heterocycles. The van der Waals surface area contributed by atoms with E-state index in [4.69, 9.17) is 4.42 Å². The van der Waals surface area contributed by atoms with Crippen LogP contribution in [0.15, 0.2) is 40.1 Å². The maximum atomic E-state index is 14.7. The van der Waals surface area contributed by atoms with Crippen molar-refractivity contribution in [1.29, 1.82) is 0 Å². The SMILES string of the molecule is Cc1ccc(-c2csc(NC(=O)c3nc4c(F)cccc4o3)c2C(=O)O)c(F)c1C. The molecule has 2 N–H and O–H groups in total. The largest absolute Gasteiger partial charge is 0.478 e. The Kier molecular flexibility index (Phi) is 4.83. The number of carboxylic acid groups (broad SMARTS) is 1. The number of aromatic carboxylic acids is 1. The first-order valence-electron chi connectivity index (χ1n) is 8.75. The Morgan fingerprint density at radius 2 is 1.90 bits per heavy atom. The van der Waals surface area contributed by atoms with Crippen molar-refractivity contribution >= 4 is 39.3 Å². The maximum absolute atomic E-state index is 14.7. The number of rotatable bonds is 4. The van der Waals surface area contributed by atoms with Crippen molar-refractivity contribution in [3.8, 4) is 11.1 Å².